The molecule has 1 aliphatic rings. The number of benzene rings is 1. The standard InChI is InChI=1S/C14H21NS/c1-12(9-15-14-7-8-14)10-16-11-13-5-3-2-4-6-13/h2-6,12,14-15H,7-11H2,1H3. The number of rotatable bonds is 7. The highest BCUT2D eigenvalue weighted by molar-refractivity contribution is 7.98. The van der Waals surface area contributed by atoms with Crippen LogP contribution in [0.4, 0.5) is 0 Å². The lowest BCUT2D eigenvalue weighted by Gasteiger charge is -2.11. The summed E-state index contributed by atoms with van der Waals surface area (Å²) in [5, 5.41) is 3.59. The molecule has 2 heteroatoms. The van der Waals surface area contributed by atoms with Crippen LogP contribution in [0.1, 0.15) is 25.3 Å². The molecule has 1 saturated carbocycles. The van der Waals surface area contributed by atoms with Crippen molar-refractivity contribution in [2.75, 3.05) is 12.3 Å². The van der Waals surface area contributed by atoms with Gasteiger partial charge < -0.3 is 5.32 Å². The van der Waals surface area contributed by atoms with Gasteiger partial charge in [0.2, 0.25) is 0 Å². The first kappa shape index (κ1) is 12.0. The first-order chi connectivity index (χ1) is 7.84. The van der Waals surface area contributed by atoms with Gasteiger partial charge >= 0.3 is 0 Å². The van der Waals surface area contributed by atoms with Gasteiger partial charge in [0.15, 0.2) is 0 Å². The van der Waals surface area contributed by atoms with Crippen molar-refractivity contribution in [3.8, 4) is 0 Å². The molecule has 1 unspecified atom stereocenters. The van der Waals surface area contributed by atoms with Crippen molar-refractivity contribution < 1.29 is 0 Å². The fourth-order valence-electron chi connectivity index (χ4n) is 1.67. The number of hydrogen-bond donors (Lipinski definition) is 1. The molecule has 0 saturated heterocycles. The van der Waals surface area contributed by atoms with Gasteiger partial charge in [0.1, 0.15) is 0 Å². The largest absolute Gasteiger partial charge is 0.314 e. The number of thioether (sulfide) groups is 1. The minimum absolute atomic E-state index is 0.786. The molecule has 1 aliphatic carbocycles. The summed E-state index contributed by atoms with van der Waals surface area (Å²) in [5.41, 5.74) is 1.44. The molecule has 1 N–H and O–H groups in total. The van der Waals surface area contributed by atoms with E-state index in [2.05, 4.69) is 42.6 Å². The lowest BCUT2D eigenvalue weighted by molar-refractivity contribution is 0.556. The molecule has 88 valence electrons. The smallest absolute Gasteiger partial charge is 0.0184 e. The highest BCUT2D eigenvalue weighted by Gasteiger charge is 2.20. The van der Waals surface area contributed by atoms with Crippen LogP contribution >= 0.6 is 11.8 Å². The summed E-state index contributed by atoms with van der Waals surface area (Å²) in [5.74, 6) is 3.19. The van der Waals surface area contributed by atoms with Crippen LogP contribution in [0.25, 0.3) is 0 Å². The van der Waals surface area contributed by atoms with Crippen molar-refractivity contribution in [1.29, 1.82) is 0 Å². The van der Waals surface area contributed by atoms with Crippen molar-refractivity contribution in [2.24, 2.45) is 5.92 Å². The summed E-state index contributed by atoms with van der Waals surface area (Å²) in [6.45, 7) is 3.53. The number of nitrogens with one attached hydrogen (secondary N) is 1. The Morgan fingerprint density at radius 2 is 2.06 bits per heavy atom. The lowest BCUT2D eigenvalue weighted by Crippen LogP contribution is -2.24. The Labute approximate surface area is 103 Å². The molecule has 1 nitrogen and oxygen atoms in total. The zero-order valence-corrected chi connectivity index (χ0v) is 10.8. The Balaban J connectivity index is 1.56. The van der Waals surface area contributed by atoms with Crippen molar-refractivity contribution in [3.63, 3.8) is 0 Å². The normalized spacial score (nSPS) is 17.3. The first-order valence-electron chi connectivity index (χ1n) is 6.19. The molecule has 0 aliphatic heterocycles. The average molecular weight is 235 g/mol. The van der Waals surface area contributed by atoms with Gasteiger partial charge in [-0.2, -0.15) is 11.8 Å². The zero-order valence-electron chi connectivity index (χ0n) is 9.99. The summed E-state index contributed by atoms with van der Waals surface area (Å²) < 4.78 is 0. The summed E-state index contributed by atoms with van der Waals surface area (Å²) in [6.07, 6.45) is 2.79. The third-order valence-corrected chi connectivity index (χ3v) is 4.19. The van der Waals surface area contributed by atoms with E-state index in [1.54, 1.807) is 0 Å². The van der Waals surface area contributed by atoms with Gasteiger partial charge in [0.25, 0.3) is 0 Å². The molecule has 1 fully saturated rings. The highest BCUT2D eigenvalue weighted by Crippen LogP contribution is 2.20. The van der Waals surface area contributed by atoms with E-state index in [-0.39, 0.29) is 0 Å². The van der Waals surface area contributed by atoms with Gasteiger partial charge in [-0.1, -0.05) is 37.3 Å². The van der Waals surface area contributed by atoms with Crippen LogP contribution in [0.15, 0.2) is 30.3 Å². The molecule has 16 heavy (non-hydrogen) atoms. The van der Waals surface area contributed by atoms with Crippen LogP contribution in [-0.4, -0.2) is 18.3 Å². The Hall–Kier alpha value is -0.470. The summed E-state index contributed by atoms with van der Waals surface area (Å²) >= 11 is 2.05. The minimum atomic E-state index is 0.786. The summed E-state index contributed by atoms with van der Waals surface area (Å²) in [4.78, 5) is 0. The Kier molecular flexibility index (Phi) is 4.73. The second-order valence-electron chi connectivity index (χ2n) is 4.79. The van der Waals surface area contributed by atoms with E-state index >= 15 is 0 Å². The molecule has 0 heterocycles. The molecule has 0 spiro atoms. The molecule has 0 aromatic heterocycles. The van der Waals surface area contributed by atoms with Crippen LogP contribution < -0.4 is 5.32 Å². The fourth-order valence-corrected chi connectivity index (χ4v) is 2.73. The molecule has 2 rings (SSSR count). The maximum atomic E-state index is 3.59. The molecule has 1 aromatic carbocycles. The third-order valence-electron chi connectivity index (χ3n) is 2.85. The molecule has 0 amide bonds. The first-order valence-corrected chi connectivity index (χ1v) is 7.35. The summed E-state index contributed by atoms with van der Waals surface area (Å²) in [7, 11) is 0. The Morgan fingerprint density at radius 3 is 2.75 bits per heavy atom. The number of hydrogen-bond acceptors (Lipinski definition) is 2. The maximum absolute atomic E-state index is 3.59. The van der Waals surface area contributed by atoms with E-state index in [1.807, 2.05) is 11.8 Å². The van der Waals surface area contributed by atoms with Crippen LogP contribution in [0.3, 0.4) is 0 Å². The van der Waals surface area contributed by atoms with Crippen molar-refractivity contribution in [1.82, 2.24) is 5.32 Å². The van der Waals surface area contributed by atoms with Gasteiger partial charge in [-0.15, -0.1) is 0 Å². The lowest BCUT2D eigenvalue weighted by atomic mass is 10.2. The predicted molar refractivity (Wildman–Crippen MR) is 72.8 cm³/mol. The molecule has 0 bridgehead atoms. The van der Waals surface area contributed by atoms with E-state index in [9.17, 15) is 0 Å². The Morgan fingerprint density at radius 1 is 1.31 bits per heavy atom. The quantitative estimate of drug-likeness (QED) is 0.778. The minimum Gasteiger partial charge on any atom is -0.314 e. The zero-order chi connectivity index (χ0) is 11.2. The third kappa shape index (κ3) is 4.58. The fraction of sp³-hybridized carbons (Fsp3) is 0.571. The van der Waals surface area contributed by atoms with Gasteiger partial charge in [-0.25, -0.2) is 0 Å². The molecule has 1 atom stereocenters. The van der Waals surface area contributed by atoms with Crippen LogP contribution in [0, 0.1) is 5.92 Å². The molecular weight excluding hydrogens is 214 g/mol. The maximum Gasteiger partial charge on any atom is 0.0184 e. The van der Waals surface area contributed by atoms with Gasteiger partial charge in [-0.05, 0) is 36.6 Å². The second-order valence-corrected chi connectivity index (χ2v) is 5.82. The second kappa shape index (κ2) is 6.31. The van der Waals surface area contributed by atoms with E-state index in [0.717, 1.165) is 17.7 Å². The topological polar surface area (TPSA) is 12.0 Å². The van der Waals surface area contributed by atoms with Crippen LogP contribution in [0.5, 0.6) is 0 Å². The molecule has 0 radical (unpaired) electrons. The van der Waals surface area contributed by atoms with E-state index < -0.39 is 0 Å². The van der Waals surface area contributed by atoms with Gasteiger partial charge in [0, 0.05) is 11.8 Å². The highest BCUT2D eigenvalue weighted by atomic mass is 32.2. The SMILES string of the molecule is CC(CNC1CC1)CSCc1ccccc1. The monoisotopic (exact) mass is 235 g/mol. The van der Waals surface area contributed by atoms with Crippen molar-refractivity contribution in [2.45, 2.75) is 31.6 Å². The molecular formula is C14H21NS. The average Bonchev–Trinajstić information content (AvgIpc) is 3.12. The van der Waals surface area contributed by atoms with Crippen LogP contribution in [-0.2, 0) is 5.75 Å². The van der Waals surface area contributed by atoms with E-state index in [4.69, 9.17) is 0 Å². The van der Waals surface area contributed by atoms with Crippen LogP contribution in [0.2, 0.25) is 0 Å². The van der Waals surface area contributed by atoms with Crippen molar-refractivity contribution >= 4 is 11.8 Å². The van der Waals surface area contributed by atoms with Gasteiger partial charge in [-0.3, -0.25) is 0 Å². The predicted octanol–water partition coefficient (Wildman–Crippen LogP) is 3.31. The molecule has 1 aromatic rings. The Bertz CT molecular complexity index is 295. The summed E-state index contributed by atoms with van der Waals surface area (Å²) in [6, 6.07) is 11.6. The van der Waals surface area contributed by atoms with E-state index in [1.165, 1.54) is 30.7 Å². The van der Waals surface area contributed by atoms with E-state index in [0.29, 0.717) is 0 Å². The van der Waals surface area contributed by atoms with Gasteiger partial charge in [0.05, 0.1) is 0 Å². The van der Waals surface area contributed by atoms with Crippen molar-refractivity contribution in [3.05, 3.63) is 35.9 Å².